The molecule has 8 heteroatoms. The van der Waals surface area contributed by atoms with E-state index in [4.69, 9.17) is 0 Å². The number of amides is 1. The zero-order valence-corrected chi connectivity index (χ0v) is 14.1. The molecule has 0 atom stereocenters. The summed E-state index contributed by atoms with van der Waals surface area (Å²) < 4.78 is 1.47. The quantitative estimate of drug-likeness (QED) is 0.741. The molecule has 25 heavy (non-hydrogen) atoms. The van der Waals surface area contributed by atoms with Crippen molar-refractivity contribution in [2.45, 2.75) is 13.8 Å². The van der Waals surface area contributed by atoms with Crippen molar-refractivity contribution in [3.63, 3.8) is 0 Å². The van der Waals surface area contributed by atoms with Crippen LogP contribution in [0.15, 0.2) is 49.1 Å². The van der Waals surface area contributed by atoms with Crippen LogP contribution in [0.1, 0.15) is 24.3 Å². The minimum Gasteiger partial charge on any atom is -0.372 e. The Hall–Kier alpha value is -3.29. The van der Waals surface area contributed by atoms with Gasteiger partial charge in [-0.05, 0) is 50.2 Å². The van der Waals surface area contributed by atoms with E-state index in [9.17, 15) is 4.79 Å². The van der Waals surface area contributed by atoms with Crippen LogP contribution in [-0.4, -0.2) is 44.0 Å². The number of carbonyl (C=O) groups excluding carboxylic acids is 1. The summed E-state index contributed by atoms with van der Waals surface area (Å²) >= 11 is 0. The van der Waals surface area contributed by atoms with Gasteiger partial charge in [-0.3, -0.25) is 4.79 Å². The lowest BCUT2D eigenvalue weighted by atomic mass is 10.2. The molecule has 2 heterocycles. The van der Waals surface area contributed by atoms with Crippen molar-refractivity contribution in [2.24, 2.45) is 0 Å². The Labute approximate surface area is 145 Å². The van der Waals surface area contributed by atoms with E-state index in [0.29, 0.717) is 11.5 Å². The number of nitrogens with one attached hydrogen (secondary N) is 1. The van der Waals surface area contributed by atoms with Crippen LogP contribution in [-0.2, 0) is 0 Å². The van der Waals surface area contributed by atoms with E-state index in [-0.39, 0.29) is 11.6 Å². The van der Waals surface area contributed by atoms with Gasteiger partial charge in [0.1, 0.15) is 12.7 Å². The Kier molecular flexibility index (Phi) is 4.98. The third-order valence-corrected chi connectivity index (χ3v) is 3.79. The number of nitrogens with zero attached hydrogens (tertiary/aromatic N) is 6. The standard InChI is InChI=1S/C17H19N7O/c1-3-23(4-2)14-7-5-13(6-8-14)20-17(25)15-9-10-16(22-21-15)24-12-18-11-19-24/h5-12H,3-4H2,1-2H3,(H,20,25). The van der Waals surface area contributed by atoms with Crippen molar-refractivity contribution < 1.29 is 4.79 Å². The Morgan fingerprint density at radius 1 is 1.08 bits per heavy atom. The van der Waals surface area contributed by atoms with Gasteiger partial charge in [0.05, 0.1) is 0 Å². The smallest absolute Gasteiger partial charge is 0.276 e. The zero-order chi connectivity index (χ0) is 17.6. The van der Waals surface area contributed by atoms with Crippen molar-refractivity contribution in [2.75, 3.05) is 23.3 Å². The van der Waals surface area contributed by atoms with Crippen LogP contribution in [0.25, 0.3) is 5.82 Å². The number of anilines is 2. The van der Waals surface area contributed by atoms with Crippen molar-refractivity contribution in [3.05, 3.63) is 54.7 Å². The second-order valence-corrected chi connectivity index (χ2v) is 5.29. The number of benzene rings is 1. The minimum absolute atomic E-state index is 0.233. The number of carbonyl (C=O) groups is 1. The molecule has 8 nitrogen and oxygen atoms in total. The first-order chi connectivity index (χ1) is 12.2. The van der Waals surface area contributed by atoms with Gasteiger partial charge in [-0.15, -0.1) is 10.2 Å². The highest BCUT2D eigenvalue weighted by Gasteiger charge is 2.10. The molecular weight excluding hydrogens is 318 g/mol. The summed E-state index contributed by atoms with van der Waals surface area (Å²) in [6.07, 6.45) is 2.92. The van der Waals surface area contributed by atoms with Crippen LogP contribution < -0.4 is 10.2 Å². The Balaban J connectivity index is 1.67. The van der Waals surface area contributed by atoms with Crippen LogP contribution in [0.2, 0.25) is 0 Å². The van der Waals surface area contributed by atoms with Gasteiger partial charge < -0.3 is 10.2 Å². The highest BCUT2D eigenvalue weighted by molar-refractivity contribution is 6.02. The lowest BCUT2D eigenvalue weighted by Crippen LogP contribution is -2.21. The van der Waals surface area contributed by atoms with Gasteiger partial charge in [-0.2, -0.15) is 5.10 Å². The molecule has 2 aromatic heterocycles. The molecule has 1 amide bonds. The third-order valence-electron chi connectivity index (χ3n) is 3.79. The molecule has 1 aromatic carbocycles. The van der Waals surface area contributed by atoms with Crippen LogP contribution in [0, 0.1) is 0 Å². The Bertz CT molecular complexity index is 809. The fraction of sp³-hybridized carbons (Fsp3) is 0.235. The first-order valence-corrected chi connectivity index (χ1v) is 8.06. The molecule has 3 rings (SSSR count). The normalized spacial score (nSPS) is 10.5. The SMILES string of the molecule is CCN(CC)c1ccc(NC(=O)c2ccc(-n3cncn3)nn2)cc1. The fourth-order valence-electron chi connectivity index (χ4n) is 2.43. The average molecular weight is 337 g/mol. The number of hydrogen-bond acceptors (Lipinski definition) is 6. The molecule has 0 fully saturated rings. The monoisotopic (exact) mass is 337 g/mol. The van der Waals surface area contributed by atoms with Crippen LogP contribution in [0.3, 0.4) is 0 Å². The van der Waals surface area contributed by atoms with Crippen LogP contribution in [0.4, 0.5) is 11.4 Å². The van der Waals surface area contributed by atoms with E-state index in [1.807, 2.05) is 24.3 Å². The molecule has 0 aliphatic rings. The van der Waals surface area contributed by atoms with Gasteiger partial charge in [-0.1, -0.05) is 0 Å². The topological polar surface area (TPSA) is 88.8 Å². The van der Waals surface area contributed by atoms with Gasteiger partial charge in [-0.25, -0.2) is 9.67 Å². The lowest BCUT2D eigenvalue weighted by Gasteiger charge is -2.21. The van der Waals surface area contributed by atoms with Crippen LogP contribution in [0.5, 0.6) is 0 Å². The number of aromatic nitrogens is 5. The van der Waals surface area contributed by atoms with E-state index < -0.39 is 0 Å². The molecule has 1 N–H and O–H groups in total. The number of rotatable bonds is 6. The molecule has 0 saturated heterocycles. The van der Waals surface area contributed by atoms with E-state index in [1.165, 1.54) is 17.3 Å². The maximum absolute atomic E-state index is 12.3. The molecule has 0 radical (unpaired) electrons. The largest absolute Gasteiger partial charge is 0.372 e. The summed E-state index contributed by atoms with van der Waals surface area (Å²) in [6, 6.07) is 11.0. The summed E-state index contributed by atoms with van der Waals surface area (Å²) in [6.45, 7) is 6.10. The third kappa shape index (κ3) is 3.79. The summed E-state index contributed by atoms with van der Waals surface area (Å²) in [4.78, 5) is 18.4. The molecule has 0 saturated carbocycles. The molecule has 0 aliphatic heterocycles. The van der Waals surface area contributed by atoms with Crippen molar-refractivity contribution in [1.29, 1.82) is 0 Å². The Morgan fingerprint density at radius 3 is 2.40 bits per heavy atom. The maximum atomic E-state index is 12.3. The second kappa shape index (κ2) is 7.52. The molecule has 0 spiro atoms. The van der Waals surface area contributed by atoms with Gasteiger partial charge in [0.15, 0.2) is 11.5 Å². The molecule has 0 bridgehead atoms. The summed E-state index contributed by atoms with van der Waals surface area (Å²) in [5, 5.41) is 14.7. The molecule has 0 aliphatic carbocycles. The molecule has 3 aromatic rings. The average Bonchev–Trinajstić information content (AvgIpc) is 3.19. The van der Waals surface area contributed by atoms with Crippen LogP contribution >= 0.6 is 0 Å². The first-order valence-electron chi connectivity index (χ1n) is 8.06. The highest BCUT2D eigenvalue weighted by atomic mass is 16.1. The summed E-state index contributed by atoms with van der Waals surface area (Å²) in [5.74, 6) is 0.186. The van der Waals surface area contributed by atoms with Gasteiger partial charge >= 0.3 is 0 Å². The molecule has 128 valence electrons. The highest BCUT2D eigenvalue weighted by Crippen LogP contribution is 2.18. The lowest BCUT2D eigenvalue weighted by molar-refractivity contribution is 0.102. The van der Waals surface area contributed by atoms with Crippen molar-refractivity contribution >= 4 is 17.3 Å². The van der Waals surface area contributed by atoms with E-state index in [1.54, 1.807) is 12.1 Å². The zero-order valence-electron chi connectivity index (χ0n) is 14.1. The van der Waals surface area contributed by atoms with Gasteiger partial charge in [0, 0.05) is 24.5 Å². The predicted octanol–water partition coefficient (Wildman–Crippen LogP) is 2.16. The molecule has 0 unspecified atom stereocenters. The summed E-state index contributed by atoms with van der Waals surface area (Å²) in [5.41, 5.74) is 2.07. The number of hydrogen-bond donors (Lipinski definition) is 1. The van der Waals surface area contributed by atoms with Crippen molar-refractivity contribution in [3.8, 4) is 5.82 Å². The summed E-state index contributed by atoms with van der Waals surface area (Å²) in [7, 11) is 0. The van der Waals surface area contributed by atoms with E-state index >= 15 is 0 Å². The van der Waals surface area contributed by atoms with E-state index in [0.717, 1.165) is 18.8 Å². The fourth-order valence-corrected chi connectivity index (χ4v) is 2.43. The van der Waals surface area contributed by atoms with E-state index in [2.05, 4.69) is 44.3 Å². The molecular formula is C17H19N7O. The Morgan fingerprint density at radius 2 is 1.84 bits per heavy atom. The minimum atomic E-state index is -0.312. The maximum Gasteiger partial charge on any atom is 0.276 e. The first kappa shape index (κ1) is 16.6. The second-order valence-electron chi connectivity index (χ2n) is 5.29. The van der Waals surface area contributed by atoms with Gasteiger partial charge in [0.25, 0.3) is 5.91 Å². The van der Waals surface area contributed by atoms with Gasteiger partial charge in [0.2, 0.25) is 0 Å². The van der Waals surface area contributed by atoms with Crippen molar-refractivity contribution in [1.82, 2.24) is 25.0 Å². The predicted molar refractivity (Wildman–Crippen MR) is 94.9 cm³/mol.